The number of aromatic amines is 1. The molecule has 136 valence electrons. The van der Waals surface area contributed by atoms with Crippen LogP contribution in [0.15, 0.2) is 47.0 Å². The third-order valence-electron chi connectivity index (χ3n) is 4.27. The number of H-pyrrole nitrogens is 1. The minimum Gasteiger partial charge on any atom is -0.425 e. The van der Waals surface area contributed by atoms with Crippen molar-refractivity contribution in [3.05, 3.63) is 60.0 Å². The summed E-state index contributed by atoms with van der Waals surface area (Å²) in [5.41, 5.74) is 3.18. The molecule has 2 heterocycles. The van der Waals surface area contributed by atoms with Crippen molar-refractivity contribution < 1.29 is 9.21 Å². The summed E-state index contributed by atoms with van der Waals surface area (Å²) < 4.78 is 5.73. The summed E-state index contributed by atoms with van der Waals surface area (Å²) in [7, 11) is 0. The fourth-order valence-corrected chi connectivity index (χ4v) is 2.98. The van der Waals surface area contributed by atoms with Gasteiger partial charge in [-0.3, -0.25) is 4.79 Å². The van der Waals surface area contributed by atoms with Crippen LogP contribution in [0.1, 0.15) is 37.6 Å². The Labute approximate surface area is 152 Å². The first-order valence-corrected chi connectivity index (χ1v) is 8.85. The molecule has 3 rings (SSSR count). The van der Waals surface area contributed by atoms with Gasteiger partial charge in [-0.1, -0.05) is 30.4 Å². The zero-order valence-corrected chi connectivity index (χ0v) is 15.3. The van der Waals surface area contributed by atoms with Crippen LogP contribution in [0.3, 0.4) is 0 Å². The molecule has 6 nitrogen and oxygen atoms in total. The molecule has 0 spiro atoms. The van der Waals surface area contributed by atoms with Crippen LogP contribution >= 0.6 is 0 Å². The molecule has 0 saturated carbocycles. The average molecular weight is 352 g/mol. The van der Waals surface area contributed by atoms with E-state index in [4.69, 9.17) is 4.42 Å². The molecule has 3 aromatic rings. The average Bonchev–Trinajstić information content (AvgIpc) is 3.25. The third-order valence-corrected chi connectivity index (χ3v) is 4.27. The van der Waals surface area contributed by atoms with Gasteiger partial charge in [0.15, 0.2) is 0 Å². The molecule has 26 heavy (non-hydrogen) atoms. The molecule has 0 bridgehead atoms. The van der Waals surface area contributed by atoms with Gasteiger partial charge in [0, 0.05) is 43.0 Å². The molecule has 0 aliphatic carbocycles. The van der Waals surface area contributed by atoms with E-state index in [9.17, 15) is 4.79 Å². The maximum absolute atomic E-state index is 12.3. The number of fused-ring (bicyclic) bond motifs is 1. The minimum absolute atomic E-state index is 0.0758. The van der Waals surface area contributed by atoms with Gasteiger partial charge in [-0.05, 0) is 25.5 Å². The van der Waals surface area contributed by atoms with Crippen LogP contribution in [-0.2, 0) is 17.6 Å². The number of rotatable bonds is 8. The summed E-state index contributed by atoms with van der Waals surface area (Å²) in [6, 6.07) is 8.11. The van der Waals surface area contributed by atoms with Crippen molar-refractivity contribution in [3.63, 3.8) is 0 Å². The number of aryl methyl sites for hydroxylation is 1. The lowest BCUT2D eigenvalue weighted by Gasteiger charge is -2.20. The van der Waals surface area contributed by atoms with Gasteiger partial charge in [-0.25, -0.2) is 0 Å². The van der Waals surface area contributed by atoms with E-state index in [1.54, 1.807) is 4.90 Å². The number of aromatic nitrogens is 3. The van der Waals surface area contributed by atoms with Gasteiger partial charge in [-0.2, -0.15) is 0 Å². The molecule has 0 radical (unpaired) electrons. The monoisotopic (exact) mass is 352 g/mol. The maximum Gasteiger partial charge on any atom is 0.223 e. The summed E-state index contributed by atoms with van der Waals surface area (Å²) in [6.07, 6.45) is 3.35. The van der Waals surface area contributed by atoms with Crippen molar-refractivity contribution in [3.8, 4) is 0 Å². The highest BCUT2D eigenvalue weighted by Gasteiger charge is 2.15. The van der Waals surface area contributed by atoms with E-state index in [1.165, 1.54) is 0 Å². The van der Waals surface area contributed by atoms with Crippen LogP contribution in [-0.4, -0.2) is 39.1 Å². The molecular formula is C20H24N4O2. The summed E-state index contributed by atoms with van der Waals surface area (Å²) in [5.74, 6) is 1.14. The second-order valence-corrected chi connectivity index (χ2v) is 6.49. The summed E-state index contributed by atoms with van der Waals surface area (Å²) in [6.45, 7) is 9.01. The Balaban J connectivity index is 1.59. The van der Waals surface area contributed by atoms with E-state index >= 15 is 0 Å². The SMILES string of the molecule is C=C(C)CN(CC)C(=O)CCc1nnc(Cc2c[nH]c3ccccc23)o1. The minimum atomic E-state index is 0.0758. The fraction of sp³-hybridized carbons (Fsp3) is 0.350. The van der Waals surface area contributed by atoms with Crippen LogP contribution in [0.25, 0.3) is 10.9 Å². The predicted octanol–water partition coefficient (Wildman–Crippen LogP) is 3.50. The lowest BCUT2D eigenvalue weighted by molar-refractivity contribution is -0.130. The molecule has 0 aliphatic heterocycles. The number of likely N-dealkylation sites (N-methyl/N-ethyl adjacent to an activating group) is 1. The van der Waals surface area contributed by atoms with E-state index < -0.39 is 0 Å². The van der Waals surface area contributed by atoms with E-state index in [2.05, 4.69) is 27.8 Å². The summed E-state index contributed by atoms with van der Waals surface area (Å²) >= 11 is 0. The summed E-state index contributed by atoms with van der Waals surface area (Å²) in [5, 5.41) is 9.35. The van der Waals surface area contributed by atoms with Crippen LogP contribution < -0.4 is 0 Å². The highest BCUT2D eigenvalue weighted by Crippen LogP contribution is 2.20. The first-order chi connectivity index (χ1) is 12.6. The van der Waals surface area contributed by atoms with Crippen LogP contribution in [0, 0.1) is 0 Å². The molecule has 0 saturated heterocycles. The van der Waals surface area contributed by atoms with Gasteiger partial charge >= 0.3 is 0 Å². The van der Waals surface area contributed by atoms with Gasteiger partial charge in [0.05, 0.1) is 6.42 Å². The van der Waals surface area contributed by atoms with Crippen molar-refractivity contribution >= 4 is 16.8 Å². The highest BCUT2D eigenvalue weighted by molar-refractivity contribution is 5.83. The van der Waals surface area contributed by atoms with Crippen molar-refractivity contribution in [1.82, 2.24) is 20.1 Å². The maximum atomic E-state index is 12.3. The number of hydrogen-bond acceptors (Lipinski definition) is 4. The third kappa shape index (κ3) is 4.20. The molecule has 0 aliphatic rings. The Morgan fingerprint density at radius 1 is 1.27 bits per heavy atom. The number of hydrogen-bond donors (Lipinski definition) is 1. The van der Waals surface area contributed by atoms with E-state index in [0.717, 1.165) is 22.0 Å². The van der Waals surface area contributed by atoms with Crippen LogP contribution in [0.2, 0.25) is 0 Å². The largest absolute Gasteiger partial charge is 0.425 e. The topological polar surface area (TPSA) is 75.0 Å². The molecule has 1 N–H and O–H groups in total. The standard InChI is InChI=1S/C20H24N4O2/c1-4-24(13-14(2)3)20(25)10-9-18-22-23-19(26-18)11-15-12-21-17-8-6-5-7-16(15)17/h5-8,12,21H,2,4,9-11,13H2,1,3H3. The van der Waals surface area contributed by atoms with Crippen LogP contribution in [0.5, 0.6) is 0 Å². The van der Waals surface area contributed by atoms with Crippen molar-refractivity contribution in [2.75, 3.05) is 13.1 Å². The number of nitrogens with one attached hydrogen (secondary N) is 1. The molecule has 2 aromatic heterocycles. The number of carbonyl (C=O) groups is 1. The quantitative estimate of drug-likeness (QED) is 0.630. The normalized spacial score (nSPS) is 11.0. The first-order valence-electron chi connectivity index (χ1n) is 8.85. The molecule has 0 atom stereocenters. The number of amides is 1. The number of nitrogens with zero attached hydrogens (tertiary/aromatic N) is 3. The van der Waals surface area contributed by atoms with Gasteiger partial charge < -0.3 is 14.3 Å². The zero-order valence-electron chi connectivity index (χ0n) is 15.3. The Kier molecular flexibility index (Phi) is 5.51. The fourth-order valence-electron chi connectivity index (χ4n) is 2.98. The van der Waals surface area contributed by atoms with Crippen molar-refractivity contribution in [1.29, 1.82) is 0 Å². The predicted molar refractivity (Wildman–Crippen MR) is 101 cm³/mol. The highest BCUT2D eigenvalue weighted by atomic mass is 16.4. The van der Waals surface area contributed by atoms with E-state index in [0.29, 0.717) is 44.1 Å². The number of benzene rings is 1. The van der Waals surface area contributed by atoms with Crippen molar-refractivity contribution in [2.24, 2.45) is 0 Å². The van der Waals surface area contributed by atoms with Crippen molar-refractivity contribution in [2.45, 2.75) is 33.1 Å². The molecule has 6 heteroatoms. The Hall–Kier alpha value is -2.89. The molecule has 0 unspecified atom stereocenters. The van der Waals surface area contributed by atoms with E-state index in [-0.39, 0.29) is 5.91 Å². The second kappa shape index (κ2) is 7.99. The van der Waals surface area contributed by atoms with Crippen LogP contribution in [0.4, 0.5) is 0 Å². The smallest absolute Gasteiger partial charge is 0.223 e. The van der Waals surface area contributed by atoms with Gasteiger partial charge in [0.2, 0.25) is 17.7 Å². The number of para-hydroxylation sites is 1. The Bertz CT molecular complexity index is 909. The molecule has 1 aromatic carbocycles. The zero-order chi connectivity index (χ0) is 18.5. The van der Waals surface area contributed by atoms with Gasteiger partial charge in [0.1, 0.15) is 0 Å². The Morgan fingerprint density at radius 2 is 2.04 bits per heavy atom. The van der Waals surface area contributed by atoms with E-state index in [1.807, 2.05) is 38.2 Å². The molecule has 1 amide bonds. The Morgan fingerprint density at radius 3 is 2.81 bits per heavy atom. The van der Waals surface area contributed by atoms with Gasteiger partial charge in [0.25, 0.3) is 0 Å². The van der Waals surface area contributed by atoms with Gasteiger partial charge in [-0.15, -0.1) is 10.2 Å². The first kappa shape index (κ1) is 17.9. The second-order valence-electron chi connectivity index (χ2n) is 6.49. The lowest BCUT2D eigenvalue weighted by Crippen LogP contribution is -2.32. The molecular weight excluding hydrogens is 328 g/mol. The number of carbonyl (C=O) groups excluding carboxylic acids is 1. The lowest BCUT2D eigenvalue weighted by atomic mass is 10.1. The summed E-state index contributed by atoms with van der Waals surface area (Å²) in [4.78, 5) is 17.3. The molecule has 0 fully saturated rings.